The summed E-state index contributed by atoms with van der Waals surface area (Å²) >= 11 is 0. The minimum atomic E-state index is -0.788. The lowest BCUT2D eigenvalue weighted by Gasteiger charge is -1.99. The Bertz CT molecular complexity index is 634. The first-order valence-electron chi connectivity index (χ1n) is 4.36. The van der Waals surface area contributed by atoms with Gasteiger partial charge in [0.2, 0.25) is 11.8 Å². The van der Waals surface area contributed by atoms with Gasteiger partial charge >= 0.3 is 11.3 Å². The number of hydrogen-bond acceptors (Lipinski definition) is 5. The molecule has 0 atom stereocenters. The zero-order valence-electron chi connectivity index (χ0n) is 7.99. The number of hydrogen-bond donors (Lipinski definition) is 1. The van der Waals surface area contributed by atoms with E-state index in [9.17, 15) is 14.7 Å². The van der Waals surface area contributed by atoms with Crippen molar-refractivity contribution in [2.75, 3.05) is 0 Å². The van der Waals surface area contributed by atoms with Crippen LogP contribution in [0.1, 0.15) is 0 Å². The van der Waals surface area contributed by atoms with Gasteiger partial charge in [-0.05, 0) is 0 Å². The van der Waals surface area contributed by atoms with Crippen molar-refractivity contribution in [3.63, 3.8) is 0 Å². The first-order valence-corrected chi connectivity index (χ1v) is 4.36. The molecule has 6 nitrogen and oxygen atoms in total. The summed E-state index contributed by atoms with van der Waals surface area (Å²) in [6, 6.07) is 7.54. The SMILES string of the molecule is O=c1ccc(=O)on2c(O)ccccc-2o1. The molecule has 0 spiro atoms. The summed E-state index contributed by atoms with van der Waals surface area (Å²) in [5, 5.41) is 9.51. The third-order valence-corrected chi connectivity index (χ3v) is 1.75. The third kappa shape index (κ3) is 1.95. The molecule has 0 radical (unpaired) electrons. The van der Waals surface area contributed by atoms with Gasteiger partial charge in [-0.15, -0.1) is 4.74 Å². The molecule has 0 aromatic carbocycles. The topological polar surface area (TPSA) is 85.6 Å². The fraction of sp³-hybridized carbons (Fsp3) is 0. The van der Waals surface area contributed by atoms with Gasteiger partial charge in [0.05, 0.1) is 0 Å². The van der Waals surface area contributed by atoms with Gasteiger partial charge in [-0.2, -0.15) is 0 Å². The van der Waals surface area contributed by atoms with Crippen molar-refractivity contribution in [1.82, 2.24) is 4.74 Å². The van der Waals surface area contributed by atoms with Crippen molar-refractivity contribution in [3.8, 4) is 11.8 Å². The molecule has 2 heterocycles. The summed E-state index contributed by atoms with van der Waals surface area (Å²) in [6.45, 7) is 0. The Balaban J connectivity index is 2.99. The van der Waals surface area contributed by atoms with E-state index in [0.717, 1.165) is 16.9 Å². The van der Waals surface area contributed by atoms with Crippen LogP contribution in [0.4, 0.5) is 0 Å². The van der Waals surface area contributed by atoms with Crippen molar-refractivity contribution in [1.29, 1.82) is 0 Å². The van der Waals surface area contributed by atoms with E-state index < -0.39 is 11.3 Å². The molecule has 0 bridgehead atoms. The van der Waals surface area contributed by atoms with E-state index in [2.05, 4.69) is 0 Å². The average molecular weight is 221 g/mol. The molecule has 6 heteroatoms. The highest BCUT2D eigenvalue weighted by atomic mass is 16.6. The molecular formula is C10H7NO5. The Morgan fingerprint density at radius 1 is 1.00 bits per heavy atom. The van der Waals surface area contributed by atoms with Crippen molar-refractivity contribution >= 4 is 0 Å². The first kappa shape index (κ1) is 10.0. The largest absolute Gasteiger partial charge is 0.492 e. The van der Waals surface area contributed by atoms with Crippen LogP contribution in [0.25, 0.3) is 5.88 Å². The molecule has 0 saturated heterocycles. The summed E-state index contributed by atoms with van der Waals surface area (Å²) < 4.78 is 10.3. The molecule has 2 rings (SSSR count). The number of aromatic nitrogens is 1. The van der Waals surface area contributed by atoms with E-state index in [0.29, 0.717) is 0 Å². The molecule has 0 amide bonds. The summed E-state index contributed by atoms with van der Waals surface area (Å²) in [5.41, 5.74) is -1.51. The molecule has 0 aromatic rings. The van der Waals surface area contributed by atoms with E-state index in [1.54, 1.807) is 0 Å². The van der Waals surface area contributed by atoms with Crippen LogP contribution < -0.4 is 11.3 Å². The number of rotatable bonds is 0. The van der Waals surface area contributed by atoms with Crippen LogP contribution in [0.3, 0.4) is 0 Å². The number of aromatic hydroxyl groups is 1. The molecule has 16 heavy (non-hydrogen) atoms. The summed E-state index contributed by atoms with van der Waals surface area (Å²) in [7, 11) is 0. The van der Waals surface area contributed by atoms with E-state index in [1.807, 2.05) is 0 Å². The molecule has 0 fully saturated rings. The van der Waals surface area contributed by atoms with Gasteiger partial charge in [0.15, 0.2) is 0 Å². The van der Waals surface area contributed by atoms with Crippen LogP contribution in [-0.4, -0.2) is 9.85 Å². The Kier molecular flexibility index (Phi) is 2.47. The van der Waals surface area contributed by atoms with Gasteiger partial charge in [0.25, 0.3) is 0 Å². The smallest absolute Gasteiger partial charge is 0.357 e. The second-order valence-corrected chi connectivity index (χ2v) is 2.87. The maximum atomic E-state index is 11.1. The Labute approximate surface area is 88.6 Å². The molecule has 0 aliphatic carbocycles. The summed E-state index contributed by atoms with van der Waals surface area (Å²) in [6.07, 6.45) is 0. The average Bonchev–Trinajstić information content (AvgIpc) is 2.39. The monoisotopic (exact) mass is 221 g/mol. The van der Waals surface area contributed by atoms with Gasteiger partial charge in [-0.25, -0.2) is 9.59 Å². The Morgan fingerprint density at radius 3 is 2.50 bits per heavy atom. The van der Waals surface area contributed by atoms with Gasteiger partial charge in [-0.3, -0.25) is 0 Å². The van der Waals surface area contributed by atoms with Crippen molar-refractivity contribution in [2.24, 2.45) is 0 Å². The van der Waals surface area contributed by atoms with E-state index in [4.69, 9.17) is 8.94 Å². The predicted octanol–water partition coefficient (Wildman–Crippen LogP) is 0.652. The van der Waals surface area contributed by atoms with Gasteiger partial charge in [-0.1, -0.05) is 12.1 Å². The Hall–Kier alpha value is -2.50. The summed E-state index contributed by atoms with van der Waals surface area (Å²) in [4.78, 5) is 22.3. The zero-order valence-corrected chi connectivity index (χ0v) is 7.99. The highest BCUT2D eigenvalue weighted by Crippen LogP contribution is 2.12. The van der Waals surface area contributed by atoms with Crippen LogP contribution in [-0.2, 0) is 0 Å². The maximum Gasteiger partial charge on any atom is 0.357 e. The molecular weight excluding hydrogens is 214 g/mol. The third-order valence-electron chi connectivity index (χ3n) is 1.75. The molecule has 0 saturated carbocycles. The van der Waals surface area contributed by atoms with Crippen LogP contribution in [0.5, 0.6) is 5.88 Å². The van der Waals surface area contributed by atoms with Crippen LogP contribution in [0.2, 0.25) is 0 Å². The Morgan fingerprint density at radius 2 is 1.69 bits per heavy atom. The molecule has 2 aliphatic rings. The molecule has 0 unspecified atom stereocenters. The van der Waals surface area contributed by atoms with Gasteiger partial charge < -0.3 is 14.0 Å². The fourth-order valence-electron chi connectivity index (χ4n) is 1.09. The van der Waals surface area contributed by atoms with E-state index in [1.165, 1.54) is 24.3 Å². The van der Waals surface area contributed by atoms with Gasteiger partial charge in [0, 0.05) is 24.3 Å². The van der Waals surface area contributed by atoms with Crippen molar-refractivity contribution < 1.29 is 14.0 Å². The zero-order chi connectivity index (χ0) is 11.5. The fourth-order valence-corrected chi connectivity index (χ4v) is 1.09. The van der Waals surface area contributed by atoms with E-state index in [-0.39, 0.29) is 11.8 Å². The van der Waals surface area contributed by atoms with Crippen molar-refractivity contribution in [3.05, 3.63) is 57.2 Å². The van der Waals surface area contributed by atoms with Crippen molar-refractivity contribution in [2.45, 2.75) is 0 Å². The second kappa shape index (κ2) is 3.93. The van der Waals surface area contributed by atoms with Crippen LogP contribution >= 0.6 is 0 Å². The highest BCUT2D eigenvalue weighted by Gasteiger charge is 2.04. The lowest BCUT2D eigenvalue weighted by Crippen LogP contribution is -2.07. The highest BCUT2D eigenvalue weighted by molar-refractivity contribution is 5.22. The summed E-state index contributed by atoms with van der Waals surface area (Å²) in [5.74, 6) is -0.457. The van der Waals surface area contributed by atoms with Crippen LogP contribution in [0.15, 0.2) is 54.9 Å². The normalized spacial score (nSPS) is 10.0. The quantitative estimate of drug-likeness (QED) is 0.705. The minimum Gasteiger partial charge on any atom is -0.492 e. The van der Waals surface area contributed by atoms with Crippen LogP contribution in [0, 0.1) is 0 Å². The van der Waals surface area contributed by atoms with E-state index >= 15 is 0 Å². The molecule has 82 valence electrons. The second-order valence-electron chi connectivity index (χ2n) is 2.87. The lowest BCUT2D eigenvalue weighted by atomic mass is 10.5. The molecule has 1 N–H and O–H groups in total. The molecule has 0 aromatic heterocycles. The predicted molar refractivity (Wildman–Crippen MR) is 53.3 cm³/mol. The molecule has 2 aliphatic heterocycles. The standard InChI is InChI=1S/C10H7NO5/c12-7-3-1-2-4-8-11(7)16-10(14)6-5-9(13)15-8/h1-6,12H. The minimum absolute atomic E-state index is 0.0924. The first-order chi connectivity index (χ1) is 7.66. The number of nitrogens with zero attached hydrogens (tertiary/aromatic N) is 1. The number of fused-ring (bicyclic) bond motifs is 1. The van der Waals surface area contributed by atoms with Gasteiger partial charge in [0.1, 0.15) is 0 Å². The lowest BCUT2D eigenvalue weighted by molar-refractivity contribution is 0.230. The maximum absolute atomic E-state index is 11.1.